The van der Waals surface area contributed by atoms with Crippen LogP contribution in [-0.2, 0) is 4.74 Å². The molecule has 0 aromatic carbocycles. The van der Waals surface area contributed by atoms with Crippen LogP contribution in [0, 0.1) is 0 Å². The van der Waals surface area contributed by atoms with E-state index in [-0.39, 0.29) is 6.10 Å². The number of rotatable bonds is 5. The Kier molecular flexibility index (Phi) is 5.37. The molecule has 13 heavy (non-hydrogen) atoms. The second kappa shape index (κ2) is 6.36. The molecule has 2 heteroatoms. The zero-order valence-electron chi connectivity index (χ0n) is 8.60. The van der Waals surface area contributed by atoms with Crippen molar-refractivity contribution in [2.45, 2.75) is 64.1 Å². The van der Waals surface area contributed by atoms with Gasteiger partial charge in [0.15, 0.2) is 0 Å². The van der Waals surface area contributed by atoms with Gasteiger partial charge in [0.2, 0.25) is 0 Å². The Morgan fingerprint density at radius 1 is 1.31 bits per heavy atom. The van der Waals surface area contributed by atoms with Crippen LogP contribution in [0.3, 0.4) is 0 Å². The lowest BCUT2D eigenvalue weighted by atomic mass is 10.0. The van der Waals surface area contributed by atoms with Crippen LogP contribution >= 0.6 is 0 Å². The highest BCUT2D eigenvalue weighted by Crippen LogP contribution is 2.21. The Balaban J connectivity index is 2.00. The summed E-state index contributed by atoms with van der Waals surface area (Å²) < 4.78 is 18.4. The first-order chi connectivity index (χ1) is 6.33. The van der Waals surface area contributed by atoms with E-state index in [1.807, 2.05) is 0 Å². The van der Waals surface area contributed by atoms with Gasteiger partial charge in [0.1, 0.15) is 6.17 Å². The molecular formula is C11H21FO. The molecule has 1 saturated heterocycles. The van der Waals surface area contributed by atoms with E-state index in [9.17, 15) is 4.39 Å². The molecule has 0 bridgehead atoms. The summed E-state index contributed by atoms with van der Waals surface area (Å²) in [4.78, 5) is 0. The molecule has 1 rings (SSSR count). The van der Waals surface area contributed by atoms with Gasteiger partial charge in [-0.15, -0.1) is 0 Å². The van der Waals surface area contributed by atoms with Gasteiger partial charge in [-0.25, -0.2) is 4.39 Å². The van der Waals surface area contributed by atoms with Crippen molar-refractivity contribution >= 4 is 0 Å². The summed E-state index contributed by atoms with van der Waals surface area (Å²) in [5.74, 6) is 0. The monoisotopic (exact) mass is 188 g/mol. The number of alkyl halides is 1. The fraction of sp³-hybridized carbons (Fsp3) is 1.00. The Morgan fingerprint density at radius 2 is 2.15 bits per heavy atom. The SMILES string of the molecule is CCCCCC[C@H]1C[C@@H](F)CCO1. The third-order valence-corrected chi connectivity index (χ3v) is 2.68. The third-order valence-electron chi connectivity index (χ3n) is 2.68. The van der Waals surface area contributed by atoms with Crippen molar-refractivity contribution in [1.82, 2.24) is 0 Å². The fourth-order valence-corrected chi connectivity index (χ4v) is 1.83. The van der Waals surface area contributed by atoms with Gasteiger partial charge in [-0.2, -0.15) is 0 Å². The number of unbranched alkanes of at least 4 members (excludes halogenated alkanes) is 3. The minimum absolute atomic E-state index is 0.209. The molecule has 0 aromatic rings. The lowest BCUT2D eigenvalue weighted by Gasteiger charge is -2.25. The molecule has 0 N–H and O–H groups in total. The zero-order valence-corrected chi connectivity index (χ0v) is 8.60. The minimum Gasteiger partial charge on any atom is -0.378 e. The van der Waals surface area contributed by atoms with Crippen LogP contribution in [0.15, 0.2) is 0 Å². The molecule has 0 aliphatic carbocycles. The number of hydrogen-bond acceptors (Lipinski definition) is 1. The van der Waals surface area contributed by atoms with Gasteiger partial charge in [-0.3, -0.25) is 0 Å². The van der Waals surface area contributed by atoms with E-state index in [1.165, 1.54) is 25.7 Å². The van der Waals surface area contributed by atoms with Gasteiger partial charge < -0.3 is 4.74 Å². The molecule has 1 nitrogen and oxygen atoms in total. The molecule has 0 amide bonds. The molecule has 1 heterocycles. The maximum atomic E-state index is 12.9. The van der Waals surface area contributed by atoms with Crippen molar-refractivity contribution < 1.29 is 9.13 Å². The van der Waals surface area contributed by atoms with Crippen LogP contribution in [0.1, 0.15) is 51.9 Å². The van der Waals surface area contributed by atoms with Crippen molar-refractivity contribution in [1.29, 1.82) is 0 Å². The molecule has 0 saturated carbocycles. The van der Waals surface area contributed by atoms with Crippen LogP contribution in [-0.4, -0.2) is 18.9 Å². The maximum Gasteiger partial charge on any atom is 0.105 e. The Hall–Kier alpha value is -0.110. The van der Waals surface area contributed by atoms with E-state index in [0.717, 1.165) is 6.42 Å². The van der Waals surface area contributed by atoms with E-state index in [4.69, 9.17) is 4.74 Å². The van der Waals surface area contributed by atoms with Crippen molar-refractivity contribution in [3.05, 3.63) is 0 Å². The van der Waals surface area contributed by atoms with E-state index >= 15 is 0 Å². The largest absolute Gasteiger partial charge is 0.378 e. The van der Waals surface area contributed by atoms with E-state index in [1.54, 1.807) is 0 Å². The number of halogens is 1. The Labute approximate surface area is 80.7 Å². The van der Waals surface area contributed by atoms with Gasteiger partial charge in [0, 0.05) is 19.4 Å². The van der Waals surface area contributed by atoms with Crippen LogP contribution in [0.5, 0.6) is 0 Å². The highest BCUT2D eigenvalue weighted by molar-refractivity contribution is 4.70. The fourth-order valence-electron chi connectivity index (χ4n) is 1.83. The zero-order chi connectivity index (χ0) is 9.52. The predicted octanol–water partition coefficient (Wildman–Crippen LogP) is 3.47. The summed E-state index contributed by atoms with van der Waals surface area (Å²) in [6.07, 6.45) is 6.92. The molecule has 1 aliphatic heterocycles. The molecule has 0 radical (unpaired) electrons. The highest BCUT2D eigenvalue weighted by atomic mass is 19.1. The molecule has 0 unspecified atom stereocenters. The lowest BCUT2D eigenvalue weighted by Crippen LogP contribution is -2.26. The predicted molar refractivity (Wildman–Crippen MR) is 52.6 cm³/mol. The van der Waals surface area contributed by atoms with Crippen molar-refractivity contribution in [2.24, 2.45) is 0 Å². The average molecular weight is 188 g/mol. The van der Waals surface area contributed by atoms with Crippen molar-refractivity contribution in [3.8, 4) is 0 Å². The smallest absolute Gasteiger partial charge is 0.105 e. The molecule has 1 aliphatic rings. The summed E-state index contributed by atoms with van der Waals surface area (Å²) in [5, 5.41) is 0. The lowest BCUT2D eigenvalue weighted by molar-refractivity contribution is -0.0227. The van der Waals surface area contributed by atoms with Crippen LogP contribution in [0.2, 0.25) is 0 Å². The minimum atomic E-state index is -0.607. The molecular weight excluding hydrogens is 167 g/mol. The molecule has 1 fully saturated rings. The third kappa shape index (κ3) is 4.61. The molecule has 2 atom stereocenters. The summed E-state index contributed by atoms with van der Waals surface area (Å²) in [7, 11) is 0. The maximum absolute atomic E-state index is 12.9. The number of hydrogen-bond donors (Lipinski definition) is 0. The summed E-state index contributed by atoms with van der Waals surface area (Å²) in [6.45, 7) is 2.83. The summed E-state index contributed by atoms with van der Waals surface area (Å²) in [6, 6.07) is 0. The normalized spacial score (nSPS) is 29.1. The first kappa shape index (κ1) is 11.0. The quantitative estimate of drug-likeness (QED) is 0.600. The second-order valence-electron chi connectivity index (χ2n) is 3.96. The molecule has 78 valence electrons. The van der Waals surface area contributed by atoms with E-state index in [2.05, 4.69) is 6.92 Å². The summed E-state index contributed by atoms with van der Waals surface area (Å²) >= 11 is 0. The van der Waals surface area contributed by atoms with Gasteiger partial charge in [-0.05, 0) is 6.42 Å². The first-order valence-corrected chi connectivity index (χ1v) is 5.58. The average Bonchev–Trinajstić information content (AvgIpc) is 2.13. The molecule has 0 spiro atoms. The van der Waals surface area contributed by atoms with Crippen LogP contribution in [0.25, 0.3) is 0 Å². The standard InChI is InChI=1S/C11H21FO/c1-2-3-4-5-6-11-9-10(12)7-8-13-11/h10-11H,2-9H2,1H3/t10-,11-/m0/s1. The van der Waals surface area contributed by atoms with Crippen LogP contribution in [0.4, 0.5) is 4.39 Å². The van der Waals surface area contributed by atoms with E-state index in [0.29, 0.717) is 19.4 Å². The Morgan fingerprint density at radius 3 is 2.85 bits per heavy atom. The molecule has 0 aromatic heterocycles. The van der Waals surface area contributed by atoms with Gasteiger partial charge in [0.25, 0.3) is 0 Å². The number of ether oxygens (including phenoxy) is 1. The topological polar surface area (TPSA) is 9.23 Å². The van der Waals surface area contributed by atoms with Crippen molar-refractivity contribution in [3.63, 3.8) is 0 Å². The second-order valence-corrected chi connectivity index (χ2v) is 3.96. The Bertz CT molecular complexity index is 127. The van der Waals surface area contributed by atoms with Crippen molar-refractivity contribution in [2.75, 3.05) is 6.61 Å². The van der Waals surface area contributed by atoms with Crippen LogP contribution < -0.4 is 0 Å². The van der Waals surface area contributed by atoms with Gasteiger partial charge >= 0.3 is 0 Å². The van der Waals surface area contributed by atoms with E-state index < -0.39 is 6.17 Å². The van der Waals surface area contributed by atoms with Gasteiger partial charge in [0.05, 0.1) is 6.10 Å². The summed E-state index contributed by atoms with van der Waals surface area (Å²) in [5.41, 5.74) is 0. The highest BCUT2D eigenvalue weighted by Gasteiger charge is 2.21. The van der Waals surface area contributed by atoms with Gasteiger partial charge in [-0.1, -0.05) is 32.6 Å². The first-order valence-electron chi connectivity index (χ1n) is 5.58.